The summed E-state index contributed by atoms with van der Waals surface area (Å²) in [4.78, 5) is 26.1. The molecule has 118 valence electrons. The van der Waals surface area contributed by atoms with Crippen LogP contribution in [-0.4, -0.2) is 35.2 Å². The van der Waals surface area contributed by atoms with E-state index in [4.69, 9.17) is 16.3 Å². The second-order valence-electron chi connectivity index (χ2n) is 5.96. The highest BCUT2D eigenvalue weighted by molar-refractivity contribution is 6.17. The zero-order chi connectivity index (χ0) is 15.5. The van der Waals surface area contributed by atoms with Gasteiger partial charge in [0.15, 0.2) is 0 Å². The van der Waals surface area contributed by atoms with E-state index in [-0.39, 0.29) is 30.6 Å². The number of hydrogen-bond donors (Lipinski definition) is 0. The SMILES string of the molecule is O=C1[C@@H](CCCCl)[C@H]2[C@@H]1CCN2C(=O)OCc1ccccc1. The highest BCUT2D eigenvalue weighted by Gasteiger charge is 2.56. The average molecular weight is 322 g/mol. The Kier molecular flexibility index (Phi) is 4.67. The van der Waals surface area contributed by atoms with Gasteiger partial charge in [0, 0.05) is 24.3 Å². The Balaban J connectivity index is 1.57. The Morgan fingerprint density at radius 3 is 2.82 bits per heavy atom. The zero-order valence-electron chi connectivity index (χ0n) is 12.4. The maximum absolute atomic E-state index is 12.3. The average Bonchev–Trinajstić information content (AvgIpc) is 2.94. The third-order valence-electron chi connectivity index (χ3n) is 4.68. The molecule has 22 heavy (non-hydrogen) atoms. The molecule has 1 saturated carbocycles. The van der Waals surface area contributed by atoms with Gasteiger partial charge in [-0.05, 0) is 24.8 Å². The Hall–Kier alpha value is -1.55. The summed E-state index contributed by atoms with van der Waals surface area (Å²) in [5.41, 5.74) is 0.968. The maximum atomic E-state index is 12.3. The van der Waals surface area contributed by atoms with Crippen molar-refractivity contribution in [2.45, 2.75) is 31.9 Å². The Labute approximate surface area is 135 Å². The standard InChI is InChI=1S/C17H20ClNO3/c18-9-4-7-13-15-14(16(13)20)8-10-19(15)17(21)22-11-12-5-2-1-3-6-12/h1-3,5-6,13-15H,4,7-11H2/t13-,14-,15-/m0/s1. The number of hydrogen-bond acceptors (Lipinski definition) is 3. The van der Waals surface area contributed by atoms with E-state index in [0.29, 0.717) is 18.2 Å². The fourth-order valence-electron chi connectivity index (χ4n) is 3.57. The molecule has 0 bridgehead atoms. The van der Waals surface area contributed by atoms with Gasteiger partial charge in [0.05, 0.1) is 6.04 Å². The van der Waals surface area contributed by atoms with E-state index in [1.807, 2.05) is 30.3 Å². The van der Waals surface area contributed by atoms with Gasteiger partial charge in [-0.25, -0.2) is 4.79 Å². The summed E-state index contributed by atoms with van der Waals surface area (Å²) in [5, 5.41) is 0. The predicted octanol–water partition coefficient (Wildman–Crippen LogP) is 3.23. The van der Waals surface area contributed by atoms with Gasteiger partial charge >= 0.3 is 6.09 Å². The van der Waals surface area contributed by atoms with E-state index in [0.717, 1.165) is 24.8 Å². The van der Waals surface area contributed by atoms with Crippen LogP contribution in [0, 0.1) is 11.8 Å². The second-order valence-corrected chi connectivity index (χ2v) is 6.34. The Bertz CT molecular complexity index is 548. The van der Waals surface area contributed by atoms with Gasteiger partial charge in [-0.1, -0.05) is 30.3 Å². The first-order valence-electron chi connectivity index (χ1n) is 7.79. The summed E-state index contributed by atoms with van der Waals surface area (Å²) >= 11 is 5.72. The van der Waals surface area contributed by atoms with Crippen LogP contribution >= 0.6 is 11.6 Å². The van der Waals surface area contributed by atoms with Crippen LogP contribution < -0.4 is 0 Å². The molecular weight excluding hydrogens is 302 g/mol. The minimum absolute atomic E-state index is 0.0181. The molecular formula is C17H20ClNO3. The van der Waals surface area contributed by atoms with Gasteiger partial charge in [-0.2, -0.15) is 0 Å². The number of nitrogens with zero attached hydrogens (tertiary/aromatic N) is 1. The predicted molar refractivity (Wildman–Crippen MR) is 83.7 cm³/mol. The Morgan fingerprint density at radius 2 is 2.09 bits per heavy atom. The van der Waals surface area contributed by atoms with Crippen molar-refractivity contribution in [3.63, 3.8) is 0 Å². The summed E-state index contributed by atoms with van der Waals surface area (Å²) < 4.78 is 5.40. The molecule has 0 N–H and O–H groups in total. The van der Waals surface area contributed by atoms with Crippen LogP contribution in [0.15, 0.2) is 30.3 Å². The topological polar surface area (TPSA) is 46.6 Å². The molecule has 1 saturated heterocycles. The lowest BCUT2D eigenvalue weighted by atomic mass is 9.67. The number of carbonyl (C=O) groups is 2. The van der Waals surface area contributed by atoms with Crippen LogP contribution in [0.2, 0.25) is 0 Å². The van der Waals surface area contributed by atoms with E-state index in [1.165, 1.54) is 0 Å². The van der Waals surface area contributed by atoms with Crippen molar-refractivity contribution in [1.29, 1.82) is 0 Å². The van der Waals surface area contributed by atoms with Gasteiger partial charge < -0.3 is 9.64 Å². The minimum Gasteiger partial charge on any atom is -0.445 e. The molecule has 1 aromatic carbocycles. The van der Waals surface area contributed by atoms with Crippen LogP contribution in [0.25, 0.3) is 0 Å². The molecule has 0 radical (unpaired) electrons. The first kappa shape index (κ1) is 15.3. The third-order valence-corrected chi connectivity index (χ3v) is 4.95. The lowest BCUT2D eigenvalue weighted by Gasteiger charge is -2.42. The molecule has 1 aromatic rings. The summed E-state index contributed by atoms with van der Waals surface area (Å²) in [6.07, 6.45) is 2.04. The van der Waals surface area contributed by atoms with Crippen LogP contribution in [0.4, 0.5) is 4.79 Å². The summed E-state index contributed by atoms with van der Waals surface area (Å²) in [6.45, 7) is 0.889. The number of Topliss-reactive ketones (excluding diaryl/α,β-unsaturated/α-hetero) is 1. The smallest absolute Gasteiger partial charge is 0.410 e. The number of fused-ring (bicyclic) bond motifs is 1. The molecule has 2 fully saturated rings. The molecule has 1 aliphatic carbocycles. The van der Waals surface area contributed by atoms with E-state index in [9.17, 15) is 9.59 Å². The zero-order valence-corrected chi connectivity index (χ0v) is 13.2. The number of alkyl halides is 1. The number of benzene rings is 1. The lowest BCUT2D eigenvalue weighted by Crippen LogP contribution is -2.56. The monoisotopic (exact) mass is 321 g/mol. The summed E-state index contributed by atoms with van der Waals surface area (Å²) in [7, 11) is 0. The van der Waals surface area contributed by atoms with Gasteiger partial charge in [-0.3, -0.25) is 4.79 Å². The van der Waals surface area contributed by atoms with E-state index in [2.05, 4.69) is 0 Å². The number of amides is 1. The Morgan fingerprint density at radius 1 is 1.32 bits per heavy atom. The van der Waals surface area contributed by atoms with Crippen molar-refractivity contribution in [3.8, 4) is 0 Å². The number of ketones is 1. The first-order chi connectivity index (χ1) is 10.7. The molecule has 3 atom stereocenters. The van der Waals surface area contributed by atoms with Crippen molar-refractivity contribution >= 4 is 23.5 Å². The largest absolute Gasteiger partial charge is 0.445 e. The van der Waals surface area contributed by atoms with Crippen molar-refractivity contribution in [3.05, 3.63) is 35.9 Å². The summed E-state index contributed by atoms with van der Waals surface area (Å²) in [6, 6.07) is 9.65. The van der Waals surface area contributed by atoms with Crippen molar-refractivity contribution in [2.24, 2.45) is 11.8 Å². The quantitative estimate of drug-likeness (QED) is 0.782. The molecule has 3 rings (SSSR count). The number of halogens is 1. The normalized spacial score (nSPS) is 26.5. The number of rotatable bonds is 5. The van der Waals surface area contributed by atoms with E-state index < -0.39 is 0 Å². The fraction of sp³-hybridized carbons (Fsp3) is 0.529. The van der Waals surface area contributed by atoms with Gasteiger partial charge in [0.2, 0.25) is 0 Å². The van der Waals surface area contributed by atoms with Crippen LogP contribution in [-0.2, 0) is 16.1 Å². The second kappa shape index (κ2) is 6.69. The van der Waals surface area contributed by atoms with E-state index >= 15 is 0 Å². The third kappa shape index (κ3) is 2.84. The molecule has 2 aliphatic rings. The van der Waals surface area contributed by atoms with Crippen molar-refractivity contribution < 1.29 is 14.3 Å². The maximum Gasteiger partial charge on any atom is 0.410 e. The molecule has 0 spiro atoms. The molecule has 5 heteroatoms. The van der Waals surface area contributed by atoms with Crippen LogP contribution in [0.3, 0.4) is 0 Å². The molecule has 4 nitrogen and oxygen atoms in total. The summed E-state index contributed by atoms with van der Waals surface area (Å²) in [5.74, 6) is 0.827. The molecule has 0 unspecified atom stereocenters. The fourth-order valence-corrected chi connectivity index (χ4v) is 3.73. The molecule has 0 aromatic heterocycles. The van der Waals surface area contributed by atoms with Crippen LogP contribution in [0.5, 0.6) is 0 Å². The number of ether oxygens (including phenoxy) is 1. The van der Waals surface area contributed by atoms with Gasteiger partial charge in [-0.15, -0.1) is 11.6 Å². The molecule has 1 amide bonds. The first-order valence-corrected chi connectivity index (χ1v) is 8.33. The molecule has 1 heterocycles. The number of likely N-dealkylation sites (tertiary alicyclic amines) is 1. The minimum atomic E-state index is -0.306. The molecule has 1 aliphatic heterocycles. The highest BCUT2D eigenvalue weighted by Crippen LogP contribution is 2.44. The lowest BCUT2D eigenvalue weighted by molar-refractivity contribution is -0.140. The highest BCUT2D eigenvalue weighted by atomic mass is 35.5. The number of carbonyl (C=O) groups excluding carboxylic acids is 2. The van der Waals surface area contributed by atoms with Gasteiger partial charge in [0.25, 0.3) is 0 Å². The van der Waals surface area contributed by atoms with E-state index in [1.54, 1.807) is 4.90 Å². The van der Waals surface area contributed by atoms with Crippen molar-refractivity contribution in [2.75, 3.05) is 12.4 Å². The van der Waals surface area contributed by atoms with Gasteiger partial charge in [0.1, 0.15) is 12.4 Å². The van der Waals surface area contributed by atoms with Crippen LogP contribution in [0.1, 0.15) is 24.8 Å². The van der Waals surface area contributed by atoms with Crippen molar-refractivity contribution in [1.82, 2.24) is 4.90 Å².